The highest BCUT2D eigenvalue weighted by Gasteiger charge is 2.12. The van der Waals surface area contributed by atoms with Crippen LogP contribution < -0.4 is 0 Å². The zero-order chi connectivity index (χ0) is 13.4. The van der Waals surface area contributed by atoms with Gasteiger partial charge in [0.05, 0.1) is 11.8 Å². The lowest BCUT2D eigenvalue weighted by molar-refractivity contribution is 0.177. The minimum atomic E-state index is -0.555. The highest BCUT2D eigenvalue weighted by Crippen LogP contribution is 2.23. The third-order valence-corrected chi connectivity index (χ3v) is 4.31. The first-order valence-corrected chi connectivity index (χ1v) is 7.24. The molecule has 0 saturated carbocycles. The average molecular weight is 293 g/mol. The van der Waals surface area contributed by atoms with Crippen molar-refractivity contribution in [3.8, 4) is 0 Å². The molecule has 0 bridgehead atoms. The van der Waals surface area contributed by atoms with Crippen LogP contribution in [0.25, 0.3) is 4.96 Å². The van der Waals surface area contributed by atoms with Gasteiger partial charge in [0.25, 0.3) is 0 Å². The molecular weight excluding hydrogens is 280 g/mol. The second-order valence-electron chi connectivity index (χ2n) is 4.55. The van der Waals surface area contributed by atoms with Gasteiger partial charge in [-0.15, -0.1) is 11.3 Å². The molecular formula is C14H13ClN2OS. The molecule has 1 aromatic carbocycles. The first-order chi connectivity index (χ1) is 9.13. The average Bonchev–Trinajstić information content (AvgIpc) is 2.93. The zero-order valence-electron chi connectivity index (χ0n) is 10.4. The Hall–Kier alpha value is -1.36. The third kappa shape index (κ3) is 2.52. The van der Waals surface area contributed by atoms with Gasteiger partial charge in [-0.25, -0.2) is 4.98 Å². The number of aliphatic hydroxyl groups is 1. The van der Waals surface area contributed by atoms with Crippen LogP contribution in [-0.2, 0) is 6.42 Å². The molecule has 1 unspecified atom stereocenters. The Labute approximate surface area is 120 Å². The molecule has 1 atom stereocenters. The molecule has 1 N–H and O–H groups in total. The summed E-state index contributed by atoms with van der Waals surface area (Å²) in [6, 6.07) is 5.60. The topological polar surface area (TPSA) is 37.5 Å². The third-order valence-electron chi connectivity index (χ3n) is 3.11. The lowest BCUT2D eigenvalue weighted by atomic mass is 10.0. The quantitative estimate of drug-likeness (QED) is 0.800. The van der Waals surface area contributed by atoms with E-state index in [-0.39, 0.29) is 0 Å². The lowest BCUT2D eigenvalue weighted by Crippen LogP contribution is -2.02. The summed E-state index contributed by atoms with van der Waals surface area (Å²) in [5, 5.41) is 13.0. The van der Waals surface area contributed by atoms with Crippen LogP contribution in [0.3, 0.4) is 0 Å². The summed E-state index contributed by atoms with van der Waals surface area (Å²) in [4.78, 5) is 5.43. The largest absolute Gasteiger partial charge is 0.388 e. The van der Waals surface area contributed by atoms with Gasteiger partial charge in [-0.2, -0.15) is 0 Å². The van der Waals surface area contributed by atoms with E-state index in [1.807, 2.05) is 47.3 Å². The van der Waals surface area contributed by atoms with Crippen LogP contribution in [-0.4, -0.2) is 14.5 Å². The molecule has 19 heavy (non-hydrogen) atoms. The summed E-state index contributed by atoms with van der Waals surface area (Å²) in [6.07, 6.45) is 3.88. The van der Waals surface area contributed by atoms with Crippen molar-refractivity contribution in [3.63, 3.8) is 0 Å². The Bertz CT molecular complexity index is 691. The number of rotatable bonds is 3. The molecule has 0 aliphatic heterocycles. The molecule has 3 nitrogen and oxygen atoms in total. The summed E-state index contributed by atoms with van der Waals surface area (Å²) >= 11 is 7.58. The minimum absolute atomic E-state index is 0.509. The van der Waals surface area contributed by atoms with Gasteiger partial charge in [0.15, 0.2) is 4.96 Å². The maximum atomic E-state index is 10.3. The van der Waals surface area contributed by atoms with Gasteiger partial charge in [0.1, 0.15) is 0 Å². The Kier molecular flexibility index (Phi) is 3.31. The summed E-state index contributed by atoms with van der Waals surface area (Å²) in [5.74, 6) is 0. The highest BCUT2D eigenvalue weighted by molar-refractivity contribution is 7.15. The minimum Gasteiger partial charge on any atom is -0.388 e. The number of benzene rings is 1. The number of imidazole rings is 1. The molecule has 2 aromatic heterocycles. The number of aromatic nitrogens is 2. The van der Waals surface area contributed by atoms with E-state index in [4.69, 9.17) is 11.6 Å². The fourth-order valence-corrected chi connectivity index (χ4v) is 2.90. The van der Waals surface area contributed by atoms with Crippen molar-refractivity contribution in [2.24, 2.45) is 0 Å². The fourth-order valence-electron chi connectivity index (χ4n) is 2.07. The van der Waals surface area contributed by atoms with Crippen LogP contribution in [0.2, 0.25) is 5.02 Å². The monoisotopic (exact) mass is 292 g/mol. The van der Waals surface area contributed by atoms with E-state index in [0.717, 1.165) is 26.8 Å². The molecule has 0 radical (unpaired) electrons. The molecule has 5 heteroatoms. The zero-order valence-corrected chi connectivity index (χ0v) is 11.9. The number of thiazole rings is 1. The number of fused-ring (bicyclic) bond motifs is 1. The lowest BCUT2D eigenvalue weighted by Gasteiger charge is -2.10. The van der Waals surface area contributed by atoms with E-state index in [1.165, 1.54) is 0 Å². The van der Waals surface area contributed by atoms with E-state index in [1.54, 1.807) is 11.3 Å². The van der Waals surface area contributed by atoms with E-state index < -0.39 is 6.10 Å². The van der Waals surface area contributed by atoms with Gasteiger partial charge in [-0.1, -0.05) is 23.7 Å². The van der Waals surface area contributed by atoms with Gasteiger partial charge >= 0.3 is 0 Å². The molecule has 0 aliphatic carbocycles. The molecule has 0 fully saturated rings. The Morgan fingerprint density at radius 2 is 2.32 bits per heavy atom. The first kappa shape index (κ1) is 12.7. The summed E-state index contributed by atoms with van der Waals surface area (Å²) in [6.45, 7) is 1.94. The summed E-state index contributed by atoms with van der Waals surface area (Å²) < 4.78 is 1.97. The van der Waals surface area contributed by atoms with Crippen LogP contribution in [0.1, 0.15) is 22.9 Å². The van der Waals surface area contributed by atoms with Crippen molar-refractivity contribution in [2.45, 2.75) is 19.4 Å². The normalized spacial score (nSPS) is 13.0. The standard InChI is InChI=1S/C14H13ClN2OS/c1-9-6-10(2-3-12(9)15)13(18)7-11-8-17-4-5-19-14(17)16-11/h2-6,8,13,18H,7H2,1H3. The molecule has 0 saturated heterocycles. The second kappa shape index (κ2) is 4.96. The molecule has 0 aliphatic rings. The van der Waals surface area contributed by atoms with Gasteiger partial charge in [-0.3, -0.25) is 4.40 Å². The van der Waals surface area contributed by atoms with E-state index in [2.05, 4.69) is 4.98 Å². The van der Waals surface area contributed by atoms with Crippen molar-refractivity contribution in [1.29, 1.82) is 0 Å². The number of hydrogen-bond acceptors (Lipinski definition) is 3. The number of aliphatic hydroxyl groups excluding tert-OH is 1. The van der Waals surface area contributed by atoms with Crippen molar-refractivity contribution in [3.05, 3.63) is 57.8 Å². The smallest absolute Gasteiger partial charge is 0.193 e. The predicted octanol–water partition coefficient (Wildman–Crippen LogP) is 3.63. The van der Waals surface area contributed by atoms with Gasteiger partial charge in [0.2, 0.25) is 0 Å². The van der Waals surface area contributed by atoms with Crippen LogP contribution >= 0.6 is 22.9 Å². The Morgan fingerprint density at radius 1 is 1.47 bits per heavy atom. The van der Waals surface area contributed by atoms with Crippen LogP contribution in [0.4, 0.5) is 0 Å². The highest BCUT2D eigenvalue weighted by atomic mass is 35.5. The maximum Gasteiger partial charge on any atom is 0.193 e. The predicted molar refractivity (Wildman–Crippen MR) is 77.9 cm³/mol. The van der Waals surface area contributed by atoms with Gasteiger partial charge < -0.3 is 5.11 Å². The number of hydrogen-bond donors (Lipinski definition) is 1. The van der Waals surface area contributed by atoms with Crippen molar-refractivity contribution in [1.82, 2.24) is 9.38 Å². The van der Waals surface area contributed by atoms with Crippen LogP contribution in [0.5, 0.6) is 0 Å². The molecule has 3 aromatic rings. The van der Waals surface area contributed by atoms with Crippen molar-refractivity contribution in [2.75, 3.05) is 0 Å². The molecule has 98 valence electrons. The van der Waals surface area contributed by atoms with Gasteiger partial charge in [-0.05, 0) is 24.1 Å². The maximum absolute atomic E-state index is 10.3. The molecule has 0 amide bonds. The number of halogens is 1. The number of aryl methyl sites for hydroxylation is 1. The van der Waals surface area contributed by atoms with Crippen LogP contribution in [0.15, 0.2) is 36.0 Å². The van der Waals surface area contributed by atoms with E-state index in [0.29, 0.717) is 6.42 Å². The molecule has 2 heterocycles. The van der Waals surface area contributed by atoms with Crippen molar-refractivity contribution >= 4 is 27.9 Å². The number of nitrogens with zero attached hydrogens (tertiary/aromatic N) is 2. The fraction of sp³-hybridized carbons (Fsp3) is 0.214. The summed E-state index contributed by atoms with van der Waals surface area (Å²) in [5.41, 5.74) is 2.74. The Balaban J connectivity index is 1.82. The molecule has 3 rings (SSSR count). The van der Waals surface area contributed by atoms with E-state index >= 15 is 0 Å². The second-order valence-corrected chi connectivity index (χ2v) is 5.83. The van der Waals surface area contributed by atoms with Crippen LogP contribution in [0, 0.1) is 6.92 Å². The van der Waals surface area contributed by atoms with Gasteiger partial charge in [0, 0.05) is 29.2 Å². The Morgan fingerprint density at radius 3 is 3.05 bits per heavy atom. The SMILES string of the molecule is Cc1cc(C(O)Cc2cn3ccsc3n2)ccc1Cl. The van der Waals surface area contributed by atoms with Crippen molar-refractivity contribution < 1.29 is 5.11 Å². The molecule has 0 spiro atoms. The first-order valence-electron chi connectivity index (χ1n) is 5.98. The summed E-state index contributed by atoms with van der Waals surface area (Å²) in [7, 11) is 0. The van der Waals surface area contributed by atoms with E-state index in [9.17, 15) is 5.11 Å².